The third-order valence-corrected chi connectivity index (χ3v) is 4.63. The Morgan fingerprint density at radius 2 is 2.05 bits per heavy atom. The first kappa shape index (κ1) is 16.2. The average Bonchev–Trinajstić information content (AvgIpc) is 2.53. The molecule has 5 heteroatoms. The first-order valence-corrected chi connectivity index (χ1v) is 7.88. The lowest BCUT2D eigenvalue weighted by atomic mass is 9.97. The summed E-state index contributed by atoms with van der Waals surface area (Å²) in [6.45, 7) is 7.42. The standard InChI is InChI=1S/C16H25ClN2O2/c1-5-11(2)13-10-19(7-6-18-13)14-9-15(20-3)12(17)8-16(14)21-4/h8-9,11,13,18H,5-7,10H2,1-4H3. The van der Waals surface area contributed by atoms with Gasteiger partial charge in [0.05, 0.1) is 24.9 Å². The van der Waals surface area contributed by atoms with Crippen LogP contribution in [0.3, 0.4) is 0 Å². The van der Waals surface area contributed by atoms with E-state index < -0.39 is 0 Å². The Balaban J connectivity index is 2.27. The fraction of sp³-hybridized carbons (Fsp3) is 0.625. The molecule has 0 bridgehead atoms. The van der Waals surface area contributed by atoms with E-state index in [4.69, 9.17) is 21.1 Å². The van der Waals surface area contributed by atoms with Crippen molar-refractivity contribution in [2.24, 2.45) is 5.92 Å². The van der Waals surface area contributed by atoms with Crippen molar-refractivity contribution in [3.05, 3.63) is 17.2 Å². The molecular weight excluding hydrogens is 288 g/mol. The molecule has 1 aromatic rings. The molecule has 21 heavy (non-hydrogen) atoms. The molecule has 0 aliphatic carbocycles. The maximum atomic E-state index is 6.18. The van der Waals surface area contributed by atoms with E-state index >= 15 is 0 Å². The van der Waals surface area contributed by atoms with Gasteiger partial charge in [-0.15, -0.1) is 0 Å². The van der Waals surface area contributed by atoms with Gasteiger partial charge in [-0.2, -0.15) is 0 Å². The van der Waals surface area contributed by atoms with Gasteiger partial charge in [0.15, 0.2) is 0 Å². The summed E-state index contributed by atoms with van der Waals surface area (Å²) in [6.07, 6.45) is 1.17. The van der Waals surface area contributed by atoms with Gasteiger partial charge in [-0.05, 0) is 5.92 Å². The van der Waals surface area contributed by atoms with Gasteiger partial charge in [0, 0.05) is 37.8 Å². The molecule has 0 spiro atoms. The van der Waals surface area contributed by atoms with Crippen molar-refractivity contribution >= 4 is 17.3 Å². The van der Waals surface area contributed by atoms with Crippen LogP contribution < -0.4 is 19.7 Å². The second-order valence-electron chi connectivity index (χ2n) is 5.55. The maximum absolute atomic E-state index is 6.18. The summed E-state index contributed by atoms with van der Waals surface area (Å²) in [6, 6.07) is 4.30. The molecule has 0 aromatic heterocycles. The summed E-state index contributed by atoms with van der Waals surface area (Å²) >= 11 is 6.18. The number of methoxy groups -OCH3 is 2. The minimum atomic E-state index is 0.495. The molecule has 2 rings (SSSR count). The Hall–Kier alpha value is -1.13. The van der Waals surface area contributed by atoms with Gasteiger partial charge in [-0.1, -0.05) is 31.9 Å². The number of hydrogen-bond acceptors (Lipinski definition) is 4. The van der Waals surface area contributed by atoms with Crippen molar-refractivity contribution in [2.75, 3.05) is 38.8 Å². The Morgan fingerprint density at radius 3 is 2.67 bits per heavy atom. The van der Waals surface area contributed by atoms with Crippen molar-refractivity contribution in [2.45, 2.75) is 26.3 Å². The Morgan fingerprint density at radius 1 is 1.33 bits per heavy atom. The Kier molecular flexibility index (Phi) is 5.59. The van der Waals surface area contributed by atoms with Gasteiger partial charge in [0.25, 0.3) is 0 Å². The molecule has 1 fully saturated rings. The first-order chi connectivity index (χ1) is 10.1. The van der Waals surface area contributed by atoms with Crippen molar-refractivity contribution in [3.8, 4) is 11.5 Å². The van der Waals surface area contributed by atoms with Crippen LogP contribution in [-0.2, 0) is 0 Å². The van der Waals surface area contributed by atoms with Crippen LogP contribution in [0, 0.1) is 5.92 Å². The van der Waals surface area contributed by atoms with Crippen LogP contribution in [0.15, 0.2) is 12.1 Å². The van der Waals surface area contributed by atoms with E-state index in [1.54, 1.807) is 14.2 Å². The summed E-state index contributed by atoms with van der Waals surface area (Å²) in [5.74, 6) is 2.13. The summed E-state index contributed by atoms with van der Waals surface area (Å²) in [5, 5.41) is 4.18. The van der Waals surface area contributed by atoms with Crippen molar-refractivity contribution in [1.82, 2.24) is 5.32 Å². The van der Waals surface area contributed by atoms with E-state index in [-0.39, 0.29) is 0 Å². The number of anilines is 1. The van der Waals surface area contributed by atoms with Crippen LogP contribution in [0.4, 0.5) is 5.69 Å². The van der Waals surface area contributed by atoms with Crippen LogP contribution in [0.2, 0.25) is 5.02 Å². The largest absolute Gasteiger partial charge is 0.495 e. The molecule has 1 saturated heterocycles. The second kappa shape index (κ2) is 7.23. The molecule has 1 heterocycles. The first-order valence-electron chi connectivity index (χ1n) is 7.50. The molecular formula is C16H25ClN2O2. The zero-order valence-electron chi connectivity index (χ0n) is 13.3. The predicted octanol–water partition coefficient (Wildman–Crippen LogP) is 3.18. The topological polar surface area (TPSA) is 33.7 Å². The van der Waals surface area contributed by atoms with Gasteiger partial charge >= 0.3 is 0 Å². The van der Waals surface area contributed by atoms with Crippen LogP contribution in [0.5, 0.6) is 11.5 Å². The Labute approximate surface area is 132 Å². The number of nitrogens with zero attached hydrogens (tertiary/aromatic N) is 1. The average molecular weight is 313 g/mol. The van der Waals surface area contributed by atoms with E-state index in [0.717, 1.165) is 31.1 Å². The molecule has 118 valence electrons. The summed E-state index contributed by atoms with van der Waals surface area (Å²) in [7, 11) is 3.31. The summed E-state index contributed by atoms with van der Waals surface area (Å²) < 4.78 is 10.8. The zero-order valence-corrected chi connectivity index (χ0v) is 14.0. The van der Waals surface area contributed by atoms with E-state index in [0.29, 0.717) is 22.7 Å². The van der Waals surface area contributed by atoms with Crippen LogP contribution in [0.25, 0.3) is 0 Å². The van der Waals surface area contributed by atoms with Gasteiger partial charge in [0.1, 0.15) is 11.5 Å². The van der Waals surface area contributed by atoms with Crippen LogP contribution >= 0.6 is 11.6 Å². The number of rotatable bonds is 5. The minimum absolute atomic E-state index is 0.495. The molecule has 2 atom stereocenters. The molecule has 0 radical (unpaired) electrons. The lowest BCUT2D eigenvalue weighted by Crippen LogP contribution is -2.53. The zero-order chi connectivity index (χ0) is 15.4. The predicted molar refractivity (Wildman–Crippen MR) is 88.0 cm³/mol. The van der Waals surface area contributed by atoms with E-state index in [1.807, 2.05) is 12.1 Å². The number of halogens is 1. The van der Waals surface area contributed by atoms with Crippen LogP contribution in [0.1, 0.15) is 20.3 Å². The quantitative estimate of drug-likeness (QED) is 0.905. The fourth-order valence-corrected chi connectivity index (χ4v) is 2.98. The molecule has 1 aliphatic rings. The van der Waals surface area contributed by atoms with E-state index in [9.17, 15) is 0 Å². The normalized spacial score (nSPS) is 20.2. The number of ether oxygens (including phenoxy) is 2. The molecule has 0 saturated carbocycles. The van der Waals surface area contributed by atoms with Gasteiger partial charge < -0.3 is 19.7 Å². The molecule has 4 nitrogen and oxygen atoms in total. The number of nitrogens with one attached hydrogen (secondary N) is 1. The van der Waals surface area contributed by atoms with E-state index in [2.05, 4.69) is 24.1 Å². The number of hydrogen-bond donors (Lipinski definition) is 1. The Bertz CT molecular complexity index is 482. The monoisotopic (exact) mass is 312 g/mol. The lowest BCUT2D eigenvalue weighted by Gasteiger charge is -2.38. The molecule has 2 unspecified atom stereocenters. The highest BCUT2D eigenvalue weighted by Crippen LogP contribution is 2.38. The minimum Gasteiger partial charge on any atom is -0.495 e. The van der Waals surface area contributed by atoms with Crippen molar-refractivity contribution < 1.29 is 9.47 Å². The highest BCUT2D eigenvalue weighted by molar-refractivity contribution is 6.32. The summed E-state index contributed by atoms with van der Waals surface area (Å²) in [4.78, 5) is 2.35. The van der Waals surface area contributed by atoms with Gasteiger partial charge in [0.2, 0.25) is 0 Å². The molecule has 1 N–H and O–H groups in total. The third kappa shape index (κ3) is 3.55. The summed E-state index contributed by atoms with van der Waals surface area (Å²) in [5.41, 5.74) is 1.05. The molecule has 1 aliphatic heterocycles. The highest BCUT2D eigenvalue weighted by atomic mass is 35.5. The van der Waals surface area contributed by atoms with Gasteiger partial charge in [-0.25, -0.2) is 0 Å². The highest BCUT2D eigenvalue weighted by Gasteiger charge is 2.25. The number of piperazine rings is 1. The molecule has 0 amide bonds. The SMILES string of the molecule is CCC(C)C1CN(c2cc(OC)c(Cl)cc2OC)CCN1. The van der Waals surface area contributed by atoms with Crippen LogP contribution in [-0.4, -0.2) is 39.9 Å². The molecule has 1 aromatic carbocycles. The maximum Gasteiger partial charge on any atom is 0.143 e. The number of benzene rings is 1. The van der Waals surface area contributed by atoms with Crippen molar-refractivity contribution in [3.63, 3.8) is 0 Å². The smallest absolute Gasteiger partial charge is 0.143 e. The lowest BCUT2D eigenvalue weighted by molar-refractivity contribution is 0.338. The third-order valence-electron chi connectivity index (χ3n) is 4.33. The van der Waals surface area contributed by atoms with Gasteiger partial charge in [-0.3, -0.25) is 0 Å². The second-order valence-corrected chi connectivity index (χ2v) is 5.96. The van der Waals surface area contributed by atoms with E-state index in [1.165, 1.54) is 6.42 Å². The van der Waals surface area contributed by atoms with Crippen molar-refractivity contribution in [1.29, 1.82) is 0 Å². The fourth-order valence-electron chi connectivity index (χ4n) is 2.75.